The zero-order valence-electron chi connectivity index (χ0n) is 56.0. The molecule has 27 N–H and O–H groups in total. The lowest BCUT2D eigenvalue weighted by molar-refractivity contribution is -0.142. The topological polar surface area (TPSA) is 677 Å². The minimum atomic E-state index is -2.19. The van der Waals surface area contributed by atoms with Crippen molar-refractivity contribution in [3.63, 3.8) is 0 Å². The van der Waals surface area contributed by atoms with E-state index < -0.39 is 290 Å². The second-order valence-electron chi connectivity index (χ2n) is 24.3. The molecule has 39 nitrogen and oxygen atoms in total. The van der Waals surface area contributed by atoms with Gasteiger partial charge in [0.25, 0.3) is 0 Å². The molecule has 0 bridgehead atoms. The van der Waals surface area contributed by atoms with Crippen LogP contribution in [-0.2, 0) is 57.5 Å². The van der Waals surface area contributed by atoms with Crippen LogP contribution in [0.5, 0.6) is 0 Å². The molecule has 1 aliphatic rings. The average Bonchev–Trinajstić information content (AvgIpc) is 1.62. The molecular weight excluding hydrogens is 1430 g/mol. The standard InChI is InChI=1S/C63H95N9O30S2/c73-24-43(79)55(93)52(90)40(76)21-64-46(82)14-9-34(67-49(85)19-20-104-28-33-31-7-3-1-5-29(31)30-6-2-4-8-32(30)33)58(96)70-37(12-17-50(86)87)60(98)68-35(10-15-47(83)65-22-41(77)53(91)56(94)44(80)25-74)59(97)71-38(13-18-51(88)89)61(99)69-36(62(100)72-39(27-103)63(101)102)11-16-48(84)66-23-42(78)54(92)57(95)45(81)26-75/h1-8,33-45,52-57,73-81,90-95,103H,9-28H2,(H,64,82)(H,65,83)(H,66,84)(H,67,85)(H,68,98)(H,69,99)(H,70,96)(H,71,97)(H,72,100)(H,86,87)(H,88,89)(H,101,102)/t34-,35-,36-,37-,38-,39-,40-,41-,42-,43+,44+,45+,52+,53+,54+,55+,56+,57+/m0/s1. The number of fused-ring (bicyclic) bond motifs is 3. The summed E-state index contributed by atoms with van der Waals surface area (Å²) < 4.78 is 0. The molecule has 0 saturated heterocycles. The van der Waals surface area contributed by atoms with Gasteiger partial charge >= 0.3 is 17.9 Å². The fraction of sp³-hybridized carbons (Fsp3) is 0.619. The Balaban J connectivity index is 2.03. The first kappa shape index (κ1) is 90.4. The SMILES string of the molecule is O=C(O)CC[C@H](NC(=O)[C@H](CCC(=O)NC[C@H](O)[C@@H](O)[C@H](O)[C@H](O)CO)NC(=O)CCSCC1c2ccccc2-c2ccccc21)C(=O)N[C@@H](CCC(=O)NC[C@H](O)[C@@H](O)[C@H](O)[C@H](O)CO)C(=O)N[C@@H](CCC(=O)O)C(=O)N[C@@H](CCC(=O)NC[C@H](O)[C@@H](O)[C@H](O)[C@H](O)CO)C(=O)N[C@@H](CS)C(=O)O. The average molecular weight is 1520 g/mol. The first-order valence-corrected chi connectivity index (χ1v) is 34.5. The molecule has 2 aromatic carbocycles. The number of benzene rings is 2. The maximum Gasteiger partial charge on any atom is 0.327 e. The molecule has 3 rings (SSSR count). The fourth-order valence-corrected chi connectivity index (χ4v) is 11.6. The number of thioether (sulfide) groups is 1. The van der Waals surface area contributed by atoms with E-state index in [4.69, 9.17) is 10.2 Å². The van der Waals surface area contributed by atoms with Crippen LogP contribution in [0.4, 0.5) is 0 Å². The maximum atomic E-state index is 14.6. The van der Waals surface area contributed by atoms with Crippen LogP contribution in [0.15, 0.2) is 48.5 Å². The second kappa shape index (κ2) is 46.2. The van der Waals surface area contributed by atoms with E-state index in [-0.39, 0.29) is 18.1 Å². The molecule has 0 heterocycles. The maximum absolute atomic E-state index is 14.6. The summed E-state index contributed by atoms with van der Waals surface area (Å²) in [5.74, 6) is -15.6. The van der Waals surface area contributed by atoms with Crippen LogP contribution in [0.1, 0.15) is 87.7 Å². The van der Waals surface area contributed by atoms with Gasteiger partial charge in [-0.1, -0.05) is 48.5 Å². The summed E-state index contributed by atoms with van der Waals surface area (Å²) in [6.07, 6.45) is -33.0. The van der Waals surface area contributed by atoms with E-state index in [1.54, 1.807) is 0 Å². The van der Waals surface area contributed by atoms with Crippen molar-refractivity contribution in [3.05, 3.63) is 59.7 Å². The third-order valence-electron chi connectivity index (χ3n) is 16.5. The number of aliphatic carboxylic acids is 3. The van der Waals surface area contributed by atoms with Crippen molar-refractivity contribution in [1.29, 1.82) is 0 Å². The van der Waals surface area contributed by atoms with Crippen LogP contribution in [0.3, 0.4) is 0 Å². The summed E-state index contributed by atoms with van der Waals surface area (Å²) in [5.41, 5.74) is 4.19. The van der Waals surface area contributed by atoms with Crippen molar-refractivity contribution in [2.45, 2.75) is 186 Å². The zero-order valence-corrected chi connectivity index (χ0v) is 57.7. The molecule has 584 valence electrons. The Labute approximate surface area is 604 Å². The summed E-state index contributed by atoms with van der Waals surface area (Å²) in [5, 5.41) is 198. The lowest BCUT2D eigenvalue weighted by atomic mass is 9.99. The molecule has 9 amide bonds. The summed E-state index contributed by atoms with van der Waals surface area (Å²) in [7, 11) is 0. The number of hydrogen-bond donors (Lipinski definition) is 28. The van der Waals surface area contributed by atoms with Gasteiger partial charge in [0.1, 0.15) is 91.2 Å². The molecule has 0 saturated carbocycles. The lowest BCUT2D eigenvalue weighted by Gasteiger charge is -2.28. The number of nitrogens with one attached hydrogen (secondary N) is 9. The number of aliphatic hydroxyl groups excluding tert-OH is 15. The monoisotopic (exact) mass is 1520 g/mol. The highest BCUT2D eigenvalue weighted by molar-refractivity contribution is 7.99. The molecule has 1 aliphatic carbocycles. The van der Waals surface area contributed by atoms with Gasteiger partial charge in [-0.2, -0.15) is 24.4 Å². The van der Waals surface area contributed by atoms with E-state index >= 15 is 0 Å². The van der Waals surface area contributed by atoms with Gasteiger partial charge in [0.15, 0.2) is 0 Å². The minimum Gasteiger partial charge on any atom is -0.481 e. The molecular formula is C63H95N9O30S2. The normalized spacial score (nSPS) is 17.1. The quantitative estimate of drug-likeness (QED) is 0.0216. The first-order chi connectivity index (χ1) is 49.1. The summed E-state index contributed by atoms with van der Waals surface area (Å²) >= 11 is 5.27. The van der Waals surface area contributed by atoms with E-state index in [2.05, 4.69) is 60.5 Å². The Morgan fingerprint density at radius 2 is 0.644 bits per heavy atom. The Hall–Kier alpha value is -7.82. The van der Waals surface area contributed by atoms with E-state index in [0.717, 1.165) is 22.3 Å². The predicted octanol–water partition coefficient (Wildman–Crippen LogP) is -10.4. The van der Waals surface area contributed by atoms with Crippen molar-refractivity contribution >= 4 is 95.5 Å². The van der Waals surface area contributed by atoms with E-state index in [1.165, 1.54) is 11.8 Å². The van der Waals surface area contributed by atoms with Crippen LogP contribution in [-0.4, -0.2) is 329 Å². The molecule has 18 atom stereocenters. The molecule has 0 aromatic heterocycles. The molecule has 104 heavy (non-hydrogen) atoms. The van der Waals surface area contributed by atoms with Gasteiger partial charge in [-0.25, -0.2) is 4.79 Å². The van der Waals surface area contributed by atoms with Crippen LogP contribution < -0.4 is 47.9 Å². The number of hydrogen-bond acceptors (Lipinski definition) is 29. The van der Waals surface area contributed by atoms with Gasteiger partial charge in [0, 0.05) is 81.3 Å². The van der Waals surface area contributed by atoms with Crippen molar-refractivity contribution in [2.24, 2.45) is 0 Å². The number of thiol groups is 1. The number of rotatable bonds is 51. The van der Waals surface area contributed by atoms with Crippen molar-refractivity contribution in [1.82, 2.24) is 47.9 Å². The third-order valence-corrected chi connectivity index (χ3v) is 17.9. The molecule has 0 radical (unpaired) electrons. The van der Waals surface area contributed by atoms with Crippen molar-refractivity contribution < 1.29 is 149 Å². The van der Waals surface area contributed by atoms with Crippen LogP contribution in [0.25, 0.3) is 11.1 Å². The lowest BCUT2D eigenvalue weighted by Crippen LogP contribution is -2.59. The smallest absolute Gasteiger partial charge is 0.327 e. The highest BCUT2D eigenvalue weighted by atomic mass is 32.2. The van der Waals surface area contributed by atoms with Gasteiger partial charge in [-0.3, -0.25) is 52.7 Å². The Morgan fingerprint density at radius 1 is 0.365 bits per heavy atom. The Kier molecular flexibility index (Phi) is 40.2. The molecule has 41 heteroatoms. The third kappa shape index (κ3) is 30.0. The second-order valence-corrected chi connectivity index (χ2v) is 25.8. The molecule has 0 aliphatic heterocycles. The molecule has 0 unspecified atom stereocenters. The van der Waals surface area contributed by atoms with Crippen LogP contribution in [0.2, 0.25) is 0 Å². The molecule has 0 fully saturated rings. The molecule has 2 aromatic rings. The highest BCUT2D eigenvalue weighted by Crippen LogP contribution is 2.45. The van der Waals surface area contributed by atoms with Gasteiger partial charge in [-0.05, 0) is 54.4 Å². The minimum absolute atomic E-state index is 0.0607. The van der Waals surface area contributed by atoms with E-state index in [0.29, 0.717) is 5.75 Å². The number of carbonyl (C=O) groups excluding carboxylic acids is 9. The van der Waals surface area contributed by atoms with Crippen molar-refractivity contribution in [2.75, 3.05) is 56.7 Å². The zero-order chi connectivity index (χ0) is 78.1. The number of carboxylic acid groups (broad SMARTS) is 3. The highest BCUT2D eigenvalue weighted by Gasteiger charge is 2.38. The largest absolute Gasteiger partial charge is 0.481 e. The van der Waals surface area contributed by atoms with Gasteiger partial charge < -0.3 is 140 Å². The van der Waals surface area contributed by atoms with Gasteiger partial charge in [0.2, 0.25) is 53.2 Å². The van der Waals surface area contributed by atoms with E-state index in [1.807, 2.05) is 48.5 Å². The number of carbonyl (C=O) groups is 12. The summed E-state index contributed by atoms with van der Waals surface area (Å²) in [6, 6.07) is 3.73. The number of aliphatic hydroxyl groups is 15. The van der Waals surface area contributed by atoms with E-state index in [9.17, 15) is 139 Å². The van der Waals surface area contributed by atoms with Gasteiger partial charge in [-0.15, -0.1) is 0 Å². The summed E-state index contributed by atoms with van der Waals surface area (Å²) in [6.45, 7) is -5.63. The Morgan fingerprint density at radius 3 is 0.933 bits per heavy atom. The number of carboxylic acids is 3. The number of amides is 9. The fourth-order valence-electron chi connectivity index (χ4n) is 10.3. The van der Waals surface area contributed by atoms with Crippen LogP contribution >= 0.6 is 24.4 Å². The first-order valence-electron chi connectivity index (χ1n) is 32.7. The molecule has 0 spiro atoms. The van der Waals surface area contributed by atoms with Crippen molar-refractivity contribution in [3.8, 4) is 11.1 Å². The van der Waals surface area contributed by atoms with Gasteiger partial charge in [0.05, 0.1) is 38.1 Å². The Bertz CT molecular complexity index is 3120. The predicted molar refractivity (Wildman–Crippen MR) is 363 cm³/mol. The van der Waals surface area contributed by atoms with Crippen LogP contribution in [0, 0.1) is 0 Å². The summed E-state index contributed by atoms with van der Waals surface area (Å²) in [4.78, 5) is 161.